The lowest BCUT2D eigenvalue weighted by atomic mass is 9.69. The molecule has 3 heterocycles. The number of aryl methyl sites for hydroxylation is 1. The van der Waals surface area contributed by atoms with E-state index in [9.17, 15) is 9.90 Å². The van der Waals surface area contributed by atoms with E-state index in [0.717, 1.165) is 75.4 Å². The third kappa shape index (κ3) is 3.20. The first-order chi connectivity index (χ1) is 12.5. The second kappa shape index (κ2) is 7.73. The van der Waals surface area contributed by atoms with Crippen molar-refractivity contribution < 1.29 is 9.90 Å². The molecular weight excluding hydrogens is 326 g/mol. The van der Waals surface area contributed by atoms with Gasteiger partial charge in [-0.3, -0.25) is 4.79 Å². The van der Waals surface area contributed by atoms with Gasteiger partial charge < -0.3 is 19.5 Å². The molecule has 2 atom stereocenters. The molecule has 0 aliphatic carbocycles. The van der Waals surface area contributed by atoms with E-state index in [2.05, 4.69) is 42.1 Å². The second-order valence-corrected chi connectivity index (χ2v) is 8.23. The summed E-state index contributed by atoms with van der Waals surface area (Å²) >= 11 is 0. The van der Waals surface area contributed by atoms with Gasteiger partial charge in [0.1, 0.15) is 0 Å². The van der Waals surface area contributed by atoms with Crippen molar-refractivity contribution in [1.82, 2.24) is 14.4 Å². The van der Waals surface area contributed by atoms with Gasteiger partial charge in [0.05, 0.1) is 12.2 Å². The SMILES string of the molecule is CCCN1CC[C@H]2N(C(=O)c3cc(C)n(CC)c3C)CCC[C@]2(CO)C1. The summed E-state index contributed by atoms with van der Waals surface area (Å²) in [6.45, 7) is 13.4. The van der Waals surface area contributed by atoms with Crippen molar-refractivity contribution >= 4 is 5.91 Å². The summed E-state index contributed by atoms with van der Waals surface area (Å²) in [5.41, 5.74) is 2.90. The van der Waals surface area contributed by atoms with Crippen LogP contribution in [0.15, 0.2) is 6.07 Å². The number of aliphatic hydroxyl groups is 1. The van der Waals surface area contributed by atoms with E-state index < -0.39 is 0 Å². The predicted octanol–water partition coefficient (Wildman–Crippen LogP) is 2.82. The van der Waals surface area contributed by atoms with Gasteiger partial charge in [-0.15, -0.1) is 0 Å². The minimum Gasteiger partial charge on any atom is -0.396 e. The molecule has 0 radical (unpaired) electrons. The number of nitrogens with zero attached hydrogens (tertiary/aromatic N) is 3. The molecule has 1 amide bonds. The van der Waals surface area contributed by atoms with E-state index in [0.29, 0.717) is 0 Å². The van der Waals surface area contributed by atoms with Crippen molar-refractivity contribution in [2.45, 2.75) is 66.0 Å². The average molecular weight is 362 g/mol. The second-order valence-electron chi connectivity index (χ2n) is 8.23. The van der Waals surface area contributed by atoms with E-state index in [4.69, 9.17) is 0 Å². The highest BCUT2D eigenvalue weighted by atomic mass is 16.3. The minimum absolute atomic E-state index is 0.155. The van der Waals surface area contributed by atoms with Gasteiger partial charge in [-0.05, 0) is 59.1 Å². The smallest absolute Gasteiger partial charge is 0.255 e. The first kappa shape index (κ1) is 19.4. The Bertz CT molecular complexity index is 654. The lowest BCUT2D eigenvalue weighted by Crippen LogP contribution is -2.63. The summed E-state index contributed by atoms with van der Waals surface area (Å²) in [4.78, 5) is 18.0. The molecule has 26 heavy (non-hydrogen) atoms. The Morgan fingerprint density at radius 3 is 2.69 bits per heavy atom. The summed E-state index contributed by atoms with van der Waals surface area (Å²) in [6, 6.07) is 2.20. The molecule has 1 aromatic heterocycles. The van der Waals surface area contributed by atoms with Gasteiger partial charge >= 0.3 is 0 Å². The highest BCUT2D eigenvalue weighted by Gasteiger charge is 2.49. The molecule has 2 fully saturated rings. The van der Waals surface area contributed by atoms with Crippen LogP contribution in [0.1, 0.15) is 61.3 Å². The number of carbonyl (C=O) groups excluding carboxylic acids is 1. The lowest BCUT2D eigenvalue weighted by Gasteiger charge is -2.54. The zero-order valence-corrected chi connectivity index (χ0v) is 16.9. The lowest BCUT2D eigenvalue weighted by molar-refractivity contribution is -0.0665. The van der Waals surface area contributed by atoms with Gasteiger partial charge in [-0.1, -0.05) is 6.92 Å². The molecule has 146 valence electrons. The van der Waals surface area contributed by atoms with Crippen LogP contribution in [-0.2, 0) is 6.54 Å². The first-order valence-electron chi connectivity index (χ1n) is 10.3. The molecule has 0 saturated carbocycles. The van der Waals surface area contributed by atoms with Crippen LogP contribution in [0, 0.1) is 19.3 Å². The van der Waals surface area contributed by atoms with Crippen LogP contribution in [0.25, 0.3) is 0 Å². The fraction of sp³-hybridized carbons (Fsp3) is 0.762. The Balaban J connectivity index is 1.87. The molecule has 2 aliphatic heterocycles. The molecule has 1 aromatic rings. The van der Waals surface area contributed by atoms with Crippen molar-refractivity contribution in [3.8, 4) is 0 Å². The zero-order chi connectivity index (χ0) is 18.9. The molecule has 5 heteroatoms. The molecular formula is C21H35N3O2. The number of hydrogen-bond acceptors (Lipinski definition) is 3. The van der Waals surface area contributed by atoms with E-state index in [1.807, 2.05) is 6.07 Å². The quantitative estimate of drug-likeness (QED) is 0.877. The van der Waals surface area contributed by atoms with Gasteiger partial charge in [0.2, 0.25) is 0 Å². The van der Waals surface area contributed by atoms with E-state index in [1.54, 1.807) is 0 Å². The molecule has 0 unspecified atom stereocenters. The minimum atomic E-state index is -0.155. The highest BCUT2D eigenvalue weighted by molar-refractivity contribution is 5.96. The fourth-order valence-electron chi connectivity index (χ4n) is 5.37. The molecule has 5 nitrogen and oxygen atoms in total. The molecule has 0 aromatic carbocycles. The normalized spacial score (nSPS) is 26.8. The first-order valence-corrected chi connectivity index (χ1v) is 10.3. The van der Waals surface area contributed by atoms with E-state index >= 15 is 0 Å². The maximum atomic E-state index is 13.4. The average Bonchev–Trinajstić information content (AvgIpc) is 2.94. The Morgan fingerprint density at radius 2 is 2.08 bits per heavy atom. The van der Waals surface area contributed by atoms with Gasteiger partial charge in [-0.2, -0.15) is 0 Å². The largest absolute Gasteiger partial charge is 0.396 e. The van der Waals surface area contributed by atoms with Gasteiger partial charge in [-0.25, -0.2) is 0 Å². The molecule has 2 saturated heterocycles. The van der Waals surface area contributed by atoms with Crippen LogP contribution in [-0.4, -0.2) is 64.2 Å². The summed E-state index contributed by atoms with van der Waals surface area (Å²) in [7, 11) is 0. The molecule has 0 bridgehead atoms. The summed E-state index contributed by atoms with van der Waals surface area (Å²) in [6.07, 6.45) is 4.11. The third-order valence-electron chi connectivity index (χ3n) is 6.65. The summed E-state index contributed by atoms with van der Waals surface area (Å²) in [5, 5.41) is 10.3. The van der Waals surface area contributed by atoms with Gasteiger partial charge in [0.15, 0.2) is 0 Å². The predicted molar refractivity (Wildman–Crippen MR) is 105 cm³/mol. The van der Waals surface area contributed by atoms with Crippen LogP contribution in [0.4, 0.5) is 0 Å². The fourth-order valence-corrected chi connectivity index (χ4v) is 5.37. The number of hydrogen-bond donors (Lipinski definition) is 1. The molecule has 1 N–H and O–H groups in total. The Kier molecular flexibility index (Phi) is 5.78. The Morgan fingerprint density at radius 1 is 1.31 bits per heavy atom. The number of likely N-dealkylation sites (tertiary alicyclic amines) is 2. The topological polar surface area (TPSA) is 48.7 Å². The Hall–Kier alpha value is -1.33. The van der Waals surface area contributed by atoms with Crippen LogP contribution < -0.4 is 0 Å². The summed E-state index contributed by atoms with van der Waals surface area (Å²) in [5.74, 6) is 0.157. The number of rotatable bonds is 5. The van der Waals surface area contributed by atoms with Crippen molar-refractivity contribution in [3.05, 3.63) is 23.0 Å². The van der Waals surface area contributed by atoms with Crippen LogP contribution in [0.2, 0.25) is 0 Å². The summed E-state index contributed by atoms with van der Waals surface area (Å²) < 4.78 is 2.21. The molecule has 3 rings (SSSR count). The number of carbonyl (C=O) groups is 1. The van der Waals surface area contributed by atoms with Crippen molar-refractivity contribution in [1.29, 1.82) is 0 Å². The van der Waals surface area contributed by atoms with E-state index in [-0.39, 0.29) is 24.0 Å². The number of fused-ring (bicyclic) bond motifs is 1. The maximum Gasteiger partial charge on any atom is 0.255 e. The number of aliphatic hydroxyl groups excluding tert-OH is 1. The van der Waals surface area contributed by atoms with Gasteiger partial charge in [0, 0.05) is 49.0 Å². The van der Waals surface area contributed by atoms with Crippen molar-refractivity contribution in [2.24, 2.45) is 5.41 Å². The van der Waals surface area contributed by atoms with Crippen LogP contribution >= 0.6 is 0 Å². The Labute approximate surface area is 158 Å². The zero-order valence-electron chi connectivity index (χ0n) is 16.9. The van der Waals surface area contributed by atoms with Crippen molar-refractivity contribution in [3.63, 3.8) is 0 Å². The number of aromatic nitrogens is 1. The molecule has 0 spiro atoms. The molecule has 2 aliphatic rings. The maximum absolute atomic E-state index is 13.4. The number of piperidine rings is 2. The van der Waals surface area contributed by atoms with Crippen LogP contribution in [0.3, 0.4) is 0 Å². The monoisotopic (exact) mass is 361 g/mol. The highest BCUT2D eigenvalue weighted by Crippen LogP contribution is 2.42. The number of amides is 1. The van der Waals surface area contributed by atoms with Gasteiger partial charge in [0.25, 0.3) is 5.91 Å². The van der Waals surface area contributed by atoms with Crippen molar-refractivity contribution in [2.75, 3.05) is 32.8 Å². The van der Waals surface area contributed by atoms with Crippen LogP contribution in [0.5, 0.6) is 0 Å². The van der Waals surface area contributed by atoms with E-state index in [1.165, 1.54) is 0 Å². The third-order valence-corrected chi connectivity index (χ3v) is 6.65. The standard InChI is InChI=1S/C21H35N3O2/c1-5-10-22-12-8-19-21(14-22,15-25)9-7-11-24(19)20(26)18-13-16(3)23(6-2)17(18)4/h13,19,25H,5-12,14-15H2,1-4H3/t19-,21-/m1/s1.